The summed E-state index contributed by atoms with van der Waals surface area (Å²) in [5.74, 6) is 0.778. The van der Waals surface area contributed by atoms with Crippen molar-refractivity contribution < 1.29 is 14.3 Å². The SMILES string of the molecule is CCNC(=NCCCC(=O)N1CCc2ccccc21)N1CCCC(C(=O)OCC)C1.I. The van der Waals surface area contributed by atoms with E-state index in [1.807, 2.05) is 36.9 Å². The number of guanidine groups is 1. The van der Waals surface area contributed by atoms with Crippen molar-refractivity contribution in [2.75, 3.05) is 44.2 Å². The number of carbonyl (C=O) groups is 2. The Morgan fingerprint density at radius 2 is 2.03 bits per heavy atom. The fourth-order valence-corrected chi connectivity index (χ4v) is 4.20. The van der Waals surface area contributed by atoms with Gasteiger partial charge in [0.05, 0.1) is 12.5 Å². The third-order valence-corrected chi connectivity index (χ3v) is 5.67. The van der Waals surface area contributed by atoms with E-state index in [1.165, 1.54) is 5.56 Å². The van der Waals surface area contributed by atoms with E-state index in [4.69, 9.17) is 9.73 Å². The first-order chi connectivity index (χ1) is 14.6. The molecule has 1 unspecified atom stereocenters. The Hall–Kier alpha value is -1.84. The maximum absolute atomic E-state index is 12.7. The zero-order chi connectivity index (χ0) is 21.3. The summed E-state index contributed by atoms with van der Waals surface area (Å²) in [5, 5.41) is 3.33. The monoisotopic (exact) mass is 542 g/mol. The molecule has 1 saturated heterocycles. The van der Waals surface area contributed by atoms with E-state index in [0.717, 1.165) is 50.5 Å². The Morgan fingerprint density at radius 3 is 2.81 bits per heavy atom. The minimum Gasteiger partial charge on any atom is -0.466 e. The van der Waals surface area contributed by atoms with Crippen LogP contribution in [-0.2, 0) is 20.7 Å². The molecule has 1 amide bonds. The van der Waals surface area contributed by atoms with Crippen LogP contribution in [0.15, 0.2) is 29.3 Å². The van der Waals surface area contributed by atoms with E-state index >= 15 is 0 Å². The van der Waals surface area contributed by atoms with E-state index in [-0.39, 0.29) is 41.8 Å². The number of likely N-dealkylation sites (tertiary alicyclic amines) is 1. The van der Waals surface area contributed by atoms with Crippen molar-refractivity contribution in [2.24, 2.45) is 10.9 Å². The van der Waals surface area contributed by atoms with Gasteiger partial charge in [0.1, 0.15) is 0 Å². The summed E-state index contributed by atoms with van der Waals surface area (Å²) in [6.07, 6.45) is 3.94. The van der Waals surface area contributed by atoms with Crippen LogP contribution in [0.25, 0.3) is 0 Å². The number of rotatable bonds is 7. The number of hydrogen-bond donors (Lipinski definition) is 1. The summed E-state index contributed by atoms with van der Waals surface area (Å²) < 4.78 is 5.20. The minimum absolute atomic E-state index is 0. The van der Waals surface area contributed by atoms with Crippen LogP contribution in [0.2, 0.25) is 0 Å². The lowest BCUT2D eigenvalue weighted by Gasteiger charge is -2.34. The first-order valence-corrected chi connectivity index (χ1v) is 11.2. The topological polar surface area (TPSA) is 74.2 Å². The van der Waals surface area contributed by atoms with Gasteiger partial charge in [-0.1, -0.05) is 18.2 Å². The summed E-state index contributed by atoms with van der Waals surface area (Å²) in [4.78, 5) is 33.6. The van der Waals surface area contributed by atoms with Gasteiger partial charge in [0.25, 0.3) is 0 Å². The van der Waals surface area contributed by atoms with Crippen LogP contribution in [-0.4, -0.2) is 62.1 Å². The molecule has 0 saturated carbocycles. The van der Waals surface area contributed by atoms with Crippen molar-refractivity contribution in [3.63, 3.8) is 0 Å². The number of nitrogens with zero attached hydrogens (tertiary/aromatic N) is 3. The molecule has 1 aromatic carbocycles. The van der Waals surface area contributed by atoms with Crippen molar-refractivity contribution >= 4 is 47.5 Å². The molecule has 2 heterocycles. The lowest BCUT2D eigenvalue weighted by molar-refractivity contribution is -0.149. The number of amides is 1. The van der Waals surface area contributed by atoms with Gasteiger partial charge in [-0.25, -0.2) is 0 Å². The quantitative estimate of drug-likeness (QED) is 0.188. The van der Waals surface area contributed by atoms with Gasteiger partial charge in [0, 0.05) is 44.8 Å². The second-order valence-electron chi connectivity index (χ2n) is 7.80. The first kappa shape index (κ1) is 25.4. The van der Waals surface area contributed by atoms with Crippen LogP contribution < -0.4 is 10.2 Å². The number of fused-ring (bicyclic) bond motifs is 1. The van der Waals surface area contributed by atoms with Crippen LogP contribution in [0, 0.1) is 5.92 Å². The summed E-state index contributed by atoms with van der Waals surface area (Å²) >= 11 is 0. The number of anilines is 1. The number of hydrogen-bond acceptors (Lipinski definition) is 4. The molecule has 8 heteroatoms. The third kappa shape index (κ3) is 6.82. The number of benzene rings is 1. The fraction of sp³-hybridized carbons (Fsp3) is 0.609. The number of carbonyl (C=O) groups excluding carboxylic acids is 2. The molecule has 0 bridgehead atoms. The zero-order valence-corrected chi connectivity index (χ0v) is 21.0. The van der Waals surface area contributed by atoms with Gasteiger partial charge < -0.3 is 19.9 Å². The first-order valence-electron chi connectivity index (χ1n) is 11.2. The standard InChI is InChI=1S/C23H34N4O3.HI/c1-3-24-23(26-15-8-10-19(17-26)22(29)30-4-2)25-14-7-12-21(28)27-16-13-18-9-5-6-11-20(18)27;/h5-6,9,11,19H,3-4,7-8,10,12-17H2,1-2H3,(H,24,25);1H. The molecule has 1 aromatic rings. The normalized spacial score (nSPS) is 18.3. The van der Waals surface area contributed by atoms with E-state index in [1.54, 1.807) is 0 Å². The summed E-state index contributed by atoms with van der Waals surface area (Å²) in [6, 6.07) is 8.13. The molecule has 0 radical (unpaired) electrons. The summed E-state index contributed by atoms with van der Waals surface area (Å²) in [5.41, 5.74) is 2.30. The second-order valence-corrected chi connectivity index (χ2v) is 7.80. The molecule has 172 valence electrons. The van der Waals surface area contributed by atoms with Gasteiger partial charge >= 0.3 is 5.97 Å². The Kier molecular flexibility index (Phi) is 10.6. The largest absolute Gasteiger partial charge is 0.466 e. The Bertz CT molecular complexity index is 771. The lowest BCUT2D eigenvalue weighted by Crippen LogP contribution is -2.48. The van der Waals surface area contributed by atoms with E-state index in [2.05, 4.69) is 16.3 Å². The van der Waals surface area contributed by atoms with E-state index in [0.29, 0.717) is 32.5 Å². The Labute approximate surface area is 202 Å². The molecule has 2 aliphatic rings. The molecular formula is C23H35IN4O3. The number of piperidine rings is 1. The molecule has 0 aromatic heterocycles. The minimum atomic E-state index is -0.116. The fourth-order valence-electron chi connectivity index (χ4n) is 4.20. The maximum atomic E-state index is 12.7. The molecule has 0 aliphatic carbocycles. The summed E-state index contributed by atoms with van der Waals surface area (Å²) in [6.45, 7) is 7.93. The number of aliphatic imine (C=N–C) groups is 1. The highest BCUT2D eigenvalue weighted by Crippen LogP contribution is 2.28. The van der Waals surface area contributed by atoms with Gasteiger partial charge in [-0.05, 0) is 51.2 Å². The maximum Gasteiger partial charge on any atom is 0.310 e. The smallest absolute Gasteiger partial charge is 0.310 e. The average molecular weight is 542 g/mol. The number of para-hydroxylation sites is 1. The van der Waals surface area contributed by atoms with Crippen LogP contribution in [0.4, 0.5) is 5.69 Å². The van der Waals surface area contributed by atoms with Crippen molar-refractivity contribution in [1.82, 2.24) is 10.2 Å². The third-order valence-electron chi connectivity index (χ3n) is 5.67. The van der Waals surface area contributed by atoms with Crippen molar-refractivity contribution in [1.29, 1.82) is 0 Å². The zero-order valence-electron chi connectivity index (χ0n) is 18.6. The molecular weight excluding hydrogens is 507 g/mol. The highest BCUT2D eigenvalue weighted by Gasteiger charge is 2.28. The predicted octanol–water partition coefficient (Wildman–Crippen LogP) is 3.21. The van der Waals surface area contributed by atoms with Crippen LogP contribution in [0.5, 0.6) is 0 Å². The molecule has 0 spiro atoms. The average Bonchev–Trinajstić information content (AvgIpc) is 3.20. The highest BCUT2D eigenvalue weighted by atomic mass is 127. The molecule has 31 heavy (non-hydrogen) atoms. The number of nitrogens with one attached hydrogen (secondary N) is 1. The number of esters is 1. The van der Waals surface area contributed by atoms with Crippen LogP contribution in [0.3, 0.4) is 0 Å². The van der Waals surface area contributed by atoms with Gasteiger partial charge in [0.15, 0.2) is 5.96 Å². The van der Waals surface area contributed by atoms with Gasteiger partial charge in [-0.15, -0.1) is 24.0 Å². The van der Waals surface area contributed by atoms with Crippen molar-refractivity contribution in [2.45, 2.75) is 46.0 Å². The number of ether oxygens (including phenoxy) is 1. The Morgan fingerprint density at radius 1 is 1.23 bits per heavy atom. The van der Waals surface area contributed by atoms with Crippen LogP contribution in [0.1, 0.15) is 45.1 Å². The van der Waals surface area contributed by atoms with E-state index < -0.39 is 0 Å². The van der Waals surface area contributed by atoms with Gasteiger partial charge in [-0.3, -0.25) is 14.6 Å². The number of halogens is 1. The van der Waals surface area contributed by atoms with Gasteiger partial charge in [0.2, 0.25) is 5.91 Å². The molecule has 3 rings (SSSR count). The van der Waals surface area contributed by atoms with Crippen molar-refractivity contribution in [3.8, 4) is 0 Å². The summed E-state index contributed by atoms with van der Waals surface area (Å²) in [7, 11) is 0. The van der Waals surface area contributed by atoms with Crippen LogP contribution >= 0.6 is 24.0 Å². The van der Waals surface area contributed by atoms with Gasteiger partial charge in [-0.2, -0.15) is 0 Å². The molecule has 1 N–H and O–H groups in total. The van der Waals surface area contributed by atoms with Crippen molar-refractivity contribution in [3.05, 3.63) is 29.8 Å². The second kappa shape index (κ2) is 12.9. The Balaban J connectivity index is 0.00000341. The predicted molar refractivity (Wildman–Crippen MR) is 134 cm³/mol. The lowest BCUT2D eigenvalue weighted by atomic mass is 9.98. The molecule has 2 aliphatic heterocycles. The molecule has 1 atom stereocenters. The highest BCUT2D eigenvalue weighted by molar-refractivity contribution is 14.0. The van der Waals surface area contributed by atoms with E-state index in [9.17, 15) is 9.59 Å². The molecule has 7 nitrogen and oxygen atoms in total. The molecule has 1 fully saturated rings.